The van der Waals surface area contributed by atoms with Gasteiger partial charge in [0.25, 0.3) is 0 Å². The molecule has 0 aromatic heterocycles. The van der Waals surface area contributed by atoms with E-state index in [1.165, 1.54) is 37.8 Å². The summed E-state index contributed by atoms with van der Waals surface area (Å²) in [6.45, 7) is 5.29. The fourth-order valence-corrected chi connectivity index (χ4v) is 3.02. The fourth-order valence-electron chi connectivity index (χ4n) is 3.02. The molecular weight excluding hydrogens is 251 g/mol. The molecule has 108 valence electrons. The van der Waals surface area contributed by atoms with Crippen molar-refractivity contribution in [2.45, 2.75) is 52.1 Å². The fraction of sp³-hybridized carbons (Fsp3) is 0.588. The predicted molar refractivity (Wildman–Crippen MR) is 78.6 cm³/mol. The van der Waals surface area contributed by atoms with Crippen LogP contribution >= 0.6 is 0 Å². The summed E-state index contributed by atoms with van der Waals surface area (Å²) in [6, 6.07) is 7.10. The normalized spacial score (nSPS) is 19.0. The number of halogens is 1. The van der Waals surface area contributed by atoms with E-state index in [4.69, 9.17) is 5.26 Å². The number of benzene rings is 1. The highest BCUT2D eigenvalue weighted by Crippen LogP contribution is 2.36. The van der Waals surface area contributed by atoms with Crippen LogP contribution in [0.15, 0.2) is 18.2 Å². The molecule has 1 fully saturated rings. The molecule has 0 amide bonds. The summed E-state index contributed by atoms with van der Waals surface area (Å²) in [5.74, 6) is -0.267. The average Bonchev–Trinajstić information content (AvgIpc) is 2.38. The Morgan fingerprint density at radius 1 is 1.35 bits per heavy atom. The highest BCUT2D eigenvalue weighted by molar-refractivity contribution is 5.37. The number of nitrogens with zero attached hydrogens (tertiary/aromatic N) is 2. The molecule has 3 heteroatoms. The zero-order valence-corrected chi connectivity index (χ0v) is 12.6. The standard InChI is InChI=1S/C17H23FN2/c1-17(2)8-6-16(7-9-17)20(3)12-14-10-15(18)5-4-13(14)11-19/h4-5,10,16H,6-9,12H2,1-3H3. The summed E-state index contributed by atoms with van der Waals surface area (Å²) in [5.41, 5.74) is 1.82. The van der Waals surface area contributed by atoms with Crippen molar-refractivity contribution in [2.75, 3.05) is 7.05 Å². The average molecular weight is 274 g/mol. The van der Waals surface area contributed by atoms with Crippen LogP contribution in [0.4, 0.5) is 4.39 Å². The zero-order valence-electron chi connectivity index (χ0n) is 12.6. The Bertz CT molecular complexity index is 506. The molecule has 0 unspecified atom stereocenters. The van der Waals surface area contributed by atoms with Crippen LogP contribution in [-0.4, -0.2) is 18.0 Å². The van der Waals surface area contributed by atoms with Crippen molar-refractivity contribution in [1.29, 1.82) is 5.26 Å². The molecule has 1 saturated carbocycles. The second-order valence-corrected chi connectivity index (χ2v) is 6.72. The van der Waals surface area contributed by atoms with Crippen LogP contribution < -0.4 is 0 Å². The minimum absolute atomic E-state index is 0.267. The molecule has 2 nitrogen and oxygen atoms in total. The number of hydrogen-bond acceptors (Lipinski definition) is 2. The Balaban J connectivity index is 2.04. The van der Waals surface area contributed by atoms with Gasteiger partial charge in [-0.2, -0.15) is 5.26 Å². The summed E-state index contributed by atoms with van der Waals surface area (Å²) in [4.78, 5) is 2.27. The molecule has 0 aliphatic heterocycles. The molecule has 1 aliphatic rings. The van der Waals surface area contributed by atoms with Crippen molar-refractivity contribution in [1.82, 2.24) is 4.90 Å². The Labute approximate surface area is 121 Å². The summed E-state index contributed by atoms with van der Waals surface area (Å²) in [6.07, 6.45) is 4.83. The molecule has 0 spiro atoms. The molecule has 0 saturated heterocycles. The number of rotatable bonds is 3. The lowest BCUT2D eigenvalue weighted by Gasteiger charge is -2.38. The molecule has 0 heterocycles. The van der Waals surface area contributed by atoms with E-state index in [0.29, 0.717) is 23.6 Å². The van der Waals surface area contributed by atoms with Crippen molar-refractivity contribution >= 4 is 0 Å². The van der Waals surface area contributed by atoms with Crippen LogP contribution in [0.2, 0.25) is 0 Å². The van der Waals surface area contributed by atoms with Gasteiger partial charge in [-0.25, -0.2) is 4.39 Å². The molecule has 0 N–H and O–H groups in total. The van der Waals surface area contributed by atoms with Crippen molar-refractivity contribution in [3.05, 3.63) is 35.1 Å². The van der Waals surface area contributed by atoms with Crippen molar-refractivity contribution in [2.24, 2.45) is 5.41 Å². The first-order valence-electron chi connectivity index (χ1n) is 7.30. The van der Waals surface area contributed by atoms with Crippen LogP contribution in [-0.2, 0) is 6.54 Å². The number of nitriles is 1. The first-order valence-corrected chi connectivity index (χ1v) is 7.30. The first kappa shape index (κ1) is 15.0. The predicted octanol–water partition coefficient (Wildman–Crippen LogP) is 4.10. The Morgan fingerprint density at radius 3 is 2.60 bits per heavy atom. The minimum atomic E-state index is -0.267. The second kappa shape index (κ2) is 5.93. The van der Waals surface area contributed by atoms with E-state index < -0.39 is 0 Å². The topological polar surface area (TPSA) is 27.0 Å². The SMILES string of the molecule is CN(Cc1cc(F)ccc1C#N)C1CCC(C)(C)CC1. The van der Waals surface area contributed by atoms with Gasteiger partial charge in [0.2, 0.25) is 0 Å². The van der Waals surface area contributed by atoms with Gasteiger partial charge in [0, 0.05) is 12.6 Å². The third-order valence-electron chi connectivity index (χ3n) is 4.54. The van der Waals surface area contributed by atoms with Gasteiger partial charge in [0.05, 0.1) is 11.6 Å². The van der Waals surface area contributed by atoms with Gasteiger partial charge in [-0.05, 0) is 61.9 Å². The smallest absolute Gasteiger partial charge is 0.123 e. The summed E-state index contributed by atoms with van der Waals surface area (Å²) < 4.78 is 13.3. The van der Waals surface area contributed by atoms with E-state index >= 15 is 0 Å². The molecule has 1 aromatic carbocycles. The van der Waals surface area contributed by atoms with Crippen LogP contribution in [0.25, 0.3) is 0 Å². The van der Waals surface area contributed by atoms with Gasteiger partial charge in [0.1, 0.15) is 5.82 Å². The summed E-state index contributed by atoms with van der Waals surface area (Å²) in [7, 11) is 2.08. The maximum Gasteiger partial charge on any atom is 0.123 e. The monoisotopic (exact) mass is 274 g/mol. The third-order valence-corrected chi connectivity index (χ3v) is 4.54. The number of hydrogen-bond donors (Lipinski definition) is 0. The van der Waals surface area contributed by atoms with Gasteiger partial charge < -0.3 is 0 Å². The largest absolute Gasteiger partial charge is 0.299 e. The van der Waals surface area contributed by atoms with Crippen LogP contribution in [0.3, 0.4) is 0 Å². The first-order chi connectivity index (χ1) is 9.41. The Morgan fingerprint density at radius 2 is 2.00 bits per heavy atom. The Kier molecular flexibility index (Phi) is 4.45. The van der Waals surface area contributed by atoms with Crippen molar-refractivity contribution in [3.63, 3.8) is 0 Å². The lowest BCUT2D eigenvalue weighted by Crippen LogP contribution is -2.36. The van der Waals surface area contributed by atoms with E-state index in [1.807, 2.05) is 0 Å². The molecule has 0 radical (unpaired) electrons. The van der Waals surface area contributed by atoms with E-state index in [0.717, 1.165) is 5.56 Å². The van der Waals surface area contributed by atoms with Crippen molar-refractivity contribution in [3.8, 4) is 6.07 Å². The molecule has 20 heavy (non-hydrogen) atoms. The molecule has 1 aromatic rings. The lowest BCUT2D eigenvalue weighted by atomic mass is 9.75. The molecule has 0 bridgehead atoms. The quantitative estimate of drug-likeness (QED) is 0.829. The van der Waals surface area contributed by atoms with Gasteiger partial charge in [-0.3, -0.25) is 4.90 Å². The maximum absolute atomic E-state index is 13.3. The van der Waals surface area contributed by atoms with E-state index in [1.54, 1.807) is 6.07 Å². The van der Waals surface area contributed by atoms with Crippen LogP contribution in [0.1, 0.15) is 50.7 Å². The van der Waals surface area contributed by atoms with Crippen molar-refractivity contribution < 1.29 is 4.39 Å². The van der Waals surface area contributed by atoms with Gasteiger partial charge in [0.15, 0.2) is 0 Å². The van der Waals surface area contributed by atoms with Gasteiger partial charge >= 0.3 is 0 Å². The zero-order chi connectivity index (χ0) is 14.8. The maximum atomic E-state index is 13.3. The van der Waals surface area contributed by atoms with Crippen LogP contribution in [0, 0.1) is 22.6 Å². The van der Waals surface area contributed by atoms with E-state index in [9.17, 15) is 4.39 Å². The lowest BCUT2D eigenvalue weighted by molar-refractivity contribution is 0.123. The molecular formula is C17H23FN2. The van der Waals surface area contributed by atoms with Gasteiger partial charge in [-0.1, -0.05) is 13.8 Å². The van der Waals surface area contributed by atoms with Crippen LogP contribution in [0.5, 0.6) is 0 Å². The molecule has 0 atom stereocenters. The van der Waals surface area contributed by atoms with Gasteiger partial charge in [-0.15, -0.1) is 0 Å². The highest BCUT2D eigenvalue weighted by atomic mass is 19.1. The minimum Gasteiger partial charge on any atom is -0.299 e. The highest BCUT2D eigenvalue weighted by Gasteiger charge is 2.28. The van der Waals surface area contributed by atoms with E-state index in [-0.39, 0.29) is 5.82 Å². The third kappa shape index (κ3) is 3.58. The summed E-state index contributed by atoms with van der Waals surface area (Å²) >= 11 is 0. The molecule has 1 aliphatic carbocycles. The summed E-state index contributed by atoms with van der Waals surface area (Å²) in [5, 5.41) is 9.11. The van der Waals surface area contributed by atoms with E-state index in [2.05, 4.69) is 31.9 Å². The second-order valence-electron chi connectivity index (χ2n) is 6.72. The Hall–Kier alpha value is -1.40. The molecule has 2 rings (SSSR count).